The van der Waals surface area contributed by atoms with Crippen LogP contribution in [0.1, 0.15) is 23.1 Å². The van der Waals surface area contributed by atoms with Crippen LogP contribution in [0.4, 0.5) is 5.13 Å². The molecular formula is C26H24N2OS. The molecule has 0 aliphatic heterocycles. The van der Waals surface area contributed by atoms with Crippen LogP contribution in [0.3, 0.4) is 0 Å². The Labute approximate surface area is 181 Å². The third-order valence-corrected chi connectivity index (χ3v) is 6.02. The van der Waals surface area contributed by atoms with E-state index in [1.807, 2.05) is 30.3 Å². The van der Waals surface area contributed by atoms with E-state index in [-0.39, 0.29) is 5.91 Å². The molecule has 4 heteroatoms. The molecular weight excluding hydrogens is 388 g/mol. The molecule has 1 heterocycles. The first kappa shape index (κ1) is 20.0. The van der Waals surface area contributed by atoms with Gasteiger partial charge in [-0.25, -0.2) is 4.98 Å². The Balaban J connectivity index is 1.59. The summed E-state index contributed by atoms with van der Waals surface area (Å²) in [7, 11) is 0. The zero-order valence-corrected chi connectivity index (χ0v) is 18.0. The Morgan fingerprint density at radius 2 is 1.43 bits per heavy atom. The molecule has 1 N–H and O–H groups in total. The van der Waals surface area contributed by atoms with Gasteiger partial charge in [-0.2, -0.15) is 0 Å². The maximum Gasteiger partial charge on any atom is 0.226 e. The van der Waals surface area contributed by atoms with Gasteiger partial charge in [0.05, 0.1) is 10.6 Å². The van der Waals surface area contributed by atoms with Crippen molar-refractivity contribution in [1.82, 2.24) is 4.98 Å². The molecule has 0 bridgehead atoms. The summed E-state index contributed by atoms with van der Waals surface area (Å²) in [6.45, 7) is 4.15. The van der Waals surface area contributed by atoms with Gasteiger partial charge in [0.15, 0.2) is 5.13 Å². The van der Waals surface area contributed by atoms with Gasteiger partial charge in [-0.3, -0.25) is 4.79 Å². The van der Waals surface area contributed by atoms with Gasteiger partial charge in [-0.05, 0) is 31.4 Å². The molecule has 0 fully saturated rings. The number of benzene rings is 3. The van der Waals surface area contributed by atoms with Crippen molar-refractivity contribution in [2.45, 2.75) is 26.7 Å². The zero-order valence-electron chi connectivity index (χ0n) is 17.2. The molecule has 0 aliphatic carbocycles. The van der Waals surface area contributed by atoms with Crippen molar-refractivity contribution in [3.63, 3.8) is 0 Å². The Hall–Kier alpha value is -3.24. The number of hydrogen-bond donors (Lipinski definition) is 1. The fourth-order valence-corrected chi connectivity index (χ4v) is 4.27. The zero-order chi connectivity index (χ0) is 20.9. The predicted molar refractivity (Wildman–Crippen MR) is 126 cm³/mol. The molecule has 0 aliphatic rings. The van der Waals surface area contributed by atoms with E-state index in [2.05, 4.69) is 67.7 Å². The number of anilines is 1. The molecule has 0 radical (unpaired) electrons. The fraction of sp³-hybridized carbons (Fsp3) is 0.154. The summed E-state index contributed by atoms with van der Waals surface area (Å²) < 4.78 is 0. The molecule has 4 rings (SSSR count). The summed E-state index contributed by atoms with van der Waals surface area (Å²) in [5, 5.41) is 3.64. The maximum absolute atomic E-state index is 12.5. The second kappa shape index (κ2) is 9.06. The van der Waals surface area contributed by atoms with Crippen molar-refractivity contribution in [3.8, 4) is 21.7 Å². The minimum Gasteiger partial charge on any atom is -0.302 e. The van der Waals surface area contributed by atoms with Crippen LogP contribution in [0.15, 0.2) is 78.9 Å². The second-order valence-electron chi connectivity index (χ2n) is 7.46. The van der Waals surface area contributed by atoms with Crippen molar-refractivity contribution < 1.29 is 4.79 Å². The molecule has 3 aromatic carbocycles. The van der Waals surface area contributed by atoms with E-state index in [1.165, 1.54) is 22.5 Å². The number of carbonyl (C=O) groups is 1. The number of nitrogens with zero attached hydrogens (tertiary/aromatic N) is 1. The third kappa shape index (κ3) is 4.84. The maximum atomic E-state index is 12.5. The minimum atomic E-state index is -0.0153. The standard InChI is InChI=1S/C26H24N2OS/c1-18-8-13-21(14-9-18)24-25(22-15-10-19(2)11-16-22)30-26(28-24)27-23(29)17-12-20-6-4-3-5-7-20/h3-11,13-16H,12,17H2,1-2H3,(H,27,28,29). The van der Waals surface area contributed by atoms with Crippen LogP contribution >= 0.6 is 11.3 Å². The lowest BCUT2D eigenvalue weighted by Crippen LogP contribution is -2.12. The van der Waals surface area contributed by atoms with Crippen LogP contribution in [0, 0.1) is 13.8 Å². The largest absolute Gasteiger partial charge is 0.302 e. The van der Waals surface area contributed by atoms with Crippen LogP contribution in [0.25, 0.3) is 21.7 Å². The van der Waals surface area contributed by atoms with Gasteiger partial charge in [0.2, 0.25) is 5.91 Å². The number of amides is 1. The van der Waals surface area contributed by atoms with Gasteiger partial charge in [0.25, 0.3) is 0 Å². The Kier molecular flexibility index (Phi) is 6.05. The summed E-state index contributed by atoms with van der Waals surface area (Å²) in [5.74, 6) is -0.0153. The van der Waals surface area contributed by atoms with Gasteiger partial charge < -0.3 is 5.32 Å². The number of nitrogens with one attached hydrogen (secondary N) is 1. The summed E-state index contributed by atoms with van der Waals surface area (Å²) in [4.78, 5) is 18.4. The van der Waals surface area contributed by atoms with Crippen molar-refractivity contribution in [1.29, 1.82) is 0 Å². The monoisotopic (exact) mass is 412 g/mol. The molecule has 0 unspecified atom stereocenters. The van der Waals surface area contributed by atoms with Crippen molar-refractivity contribution in [2.75, 3.05) is 5.32 Å². The quantitative estimate of drug-likeness (QED) is 0.384. The van der Waals surface area contributed by atoms with Crippen molar-refractivity contribution >= 4 is 22.4 Å². The molecule has 0 saturated heterocycles. The number of aryl methyl sites for hydroxylation is 3. The van der Waals surface area contributed by atoms with E-state index in [4.69, 9.17) is 4.98 Å². The first-order valence-electron chi connectivity index (χ1n) is 10.1. The minimum absolute atomic E-state index is 0.0153. The highest BCUT2D eigenvalue weighted by atomic mass is 32.1. The smallest absolute Gasteiger partial charge is 0.226 e. The lowest BCUT2D eigenvalue weighted by Gasteiger charge is -2.04. The van der Waals surface area contributed by atoms with E-state index in [1.54, 1.807) is 0 Å². The van der Waals surface area contributed by atoms with E-state index in [0.717, 1.165) is 27.3 Å². The summed E-state index contributed by atoms with van der Waals surface area (Å²) in [5.41, 5.74) is 6.65. The van der Waals surface area contributed by atoms with Gasteiger partial charge >= 0.3 is 0 Å². The Bertz CT molecular complexity index is 1070. The van der Waals surface area contributed by atoms with Gasteiger partial charge in [-0.1, -0.05) is 101 Å². The average Bonchev–Trinajstić information content (AvgIpc) is 3.17. The van der Waals surface area contributed by atoms with Gasteiger partial charge in [-0.15, -0.1) is 0 Å². The highest BCUT2D eigenvalue weighted by Gasteiger charge is 2.16. The van der Waals surface area contributed by atoms with E-state index in [9.17, 15) is 4.79 Å². The number of rotatable bonds is 6. The normalized spacial score (nSPS) is 10.7. The average molecular weight is 413 g/mol. The summed E-state index contributed by atoms with van der Waals surface area (Å²) in [6.07, 6.45) is 1.15. The second-order valence-corrected chi connectivity index (χ2v) is 8.46. The molecule has 30 heavy (non-hydrogen) atoms. The van der Waals surface area contributed by atoms with E-state index >= 15 is 0 Å². The molecule has 3 nitrogen and oxygen atoms in total. The predicted octanol–water partition coefficient (Wildman–Crippen LogP) is 6.67. The van der Waals surface area contributed by atoms with Gasteiger partial charge in [0.1, 0.15) is 0 Å². The van der Waals surface area contributed by atoms with Crippen LogP contribution in [0.5, 0.6) is 0 Å². The number of aromatic nitrogens is 1. The molecule has 0 saturated carbocycles. The Morgan fingerprint density at radius 1 is 0.833 bits per heavy atom. The molecule has 1 amide bonds. The van der Waals surface area contributed by atoms with Crippen LogP contribution in [-0.4, -0.2) is 10.9 Å². The molecule has 4 aromatic rings. The van der Waals surface area contributed by atoms with Crippen molar-refractivity contribution in [3.05, 3.63) is 95.6 Å². The highest BCUT2D eigenvalue weighted by molar-refractivity contribution is 7.19. The molecule has 0 spiro atoms. The van der Waals surface area contributed by atoms with Crippen LogP contribution < -0.4 is 5.32 Å². The third-order valence-electron chi connectivity index (χ3n) is 5.00. The number of thiazole rings is 1. The summed E-state index contributed by atoms with van der Waals surface area (Å²) in [6, 6.07) is 26.8. The lowest BCUT2D eigenvalue weighted by atomic mass is 10.0. The van der Waals surface area contributed by atoms with E-state index in [0.29, 0.717) is 18.0 Å². The molecule has 0 atom stereocenters. The molecule has 1 aromatic heterocycles. The first-order chi connectivity index (χ1) is 14.6. The van der Waals surface area contributed by atoms with Crippen LogP contribution in [-0.2, 0) is 11.2 Å². The summed E-state index contributed by atoms with van der Waals surface area (Å²) >= 11 is 1.52. The Morgan fingerprint density at radius 3 is 2.07 bits per heavy atom. The number of hydrogen-bond acceptors (Lipinski definition) is 3. The SMILES string of the molecule is Cc1ccc(-c2nc(NC(=O)CCc3ccccc3)sc2-c2ccc(C)cc2)cc1. The molecule has 150 valence electrons. The fourth-order valence-electron chi connectivity index (χ4n) is 3.27. The first-order valence-corrected chi connectivity index (χ1v) is 10.9. The number of carbonyl (C=O) groups excluding carboxylic acids is 1. The topological polar surface area (TPSA) is 42.0 Å². The lowest BCUT2D eigenvalue weighted by molar-refractivity contribution is -0.116. The van der Waals surface area contributed by atoms with E-state index < -0.39 is 0 Å². The van der Waals surface area contributed by atoms with Gasteiger partial charge in [0, 0.05) is 12.0 Å². The van der Waals surface area contributed by atoms with Crippen LogP contribution in [0.2, 0.25) is 0 Å². The van der Waals surface area contributed by atoms with Crippen molar-refractivity contribution in [2.24, 2.45) is 0 Å². The highest BCUT2D eigenvalue weighted by Crippen LogP contribution is 2.39.